The van der Waals surface area contributed by atoms with Gasteiger partial charge in [-0.2, -0.15) is 0 Å². The molecular formula is C14H30NPS. The average molecular weight is 275 g/mol. The second-order valence-electron chi connectivity index (χ2n) is 5.36. The van der Waals surface area contributed by atoms with Gasteiger partial charge in [0.2, 0.25) is 0 Å². The average Bonchev–Trinajstić information content (AvgIpc) is 3.04. The van der Waals surface area contributed by atoms with Crippen LogP contribution in [0.15, 0.2) is 0 Å². The van der Waals surface area contributed by atoms with Gasteiger partial charge in [0.05, 0.1) is 0 Å². The summed E-state index contributed by atoms with van der Waals surface area (Å²) in [6.07, 6.45) is 14.2. The van der Waals surface area contributed by atoms with Gasteiger partial charge < -0.3 is 0 Å². The number of unbranched alkanes of at least 4 members (excludes halogenated alkanes) is 7. The Balaban J connectivity index is 1.86. The smallest absolute Gasteiger partial charge is 0.0299 e. The van der Waals surface area contributed by atoms with Gasteiger partial charge in [-0.05, 0) is 20.3 Å². The summed E-state index contributed by atoms with van der Waals surface area (Å²) >= 11 is 5.23. The first-order valence-corrected chi connectivity index (χ1v) is 9.98. The maximum absolute atomic E-state index is 5.23. The molecule has 0 radical (unpaired) electrons. The van der Waals surface area contributed by atoms with Crippen LogP contribution >= 0.6 is 7.51 Å². The molecule has 1 fully saturated rings. The number of nitrogens with zero attached hydrogens (tertiary/aromatic N) is 1. The SMILES string of the molecule is CCCCCCCCCCC1C(CC)N1[PH2]=S. The monoisotopic (exact) mass is 275 g/mol. The Morgan fingerprint density at radius 2 is 1.47 bits per heavy atom. The fraction of sp³-hybridized carbons (Fsp3) is 1.00. The van der Waals surface area contributed by atoms with Crippen molar-refractivity contribution >= 4 is 19.3 Å². The Bertz CT molecular complexity index is 210. The molecule has 0 aliphatic carbocycles. The Labute approximate surface area is 114 Å². The van der Waals surface area contributed by atoms with Gasteiger partial charge in [0.15, 0.2) is 0 Å². The van der Waals surface area contributed by atoms with Crippen molar-refractivity contribution in [1.29, 1.82) is 0 Å². The molecule has 17 heavy (non-hydrogen) atoms. The summed E-state index contributed by atoms with van der Waals surface area (Å²) in [5.74, 6) is 0. The largest absolute Gasteiger partial charge is 0.270 e. The van der Waals surface area contributed by atoms with Crippen LogP contribution in [0, 0.1) is 0 Å². The molecule has 0 N–H and O–H groups in total. The van der Waals surface area contributed by atoms with Crippen LogP contribution in [0.25, 0.3) is 0 Å². The molecule has 1 rings (SSSR count). The van der Waals surface area contributed by atoms with E-state index < -0.39 is 0 Å². The molecule has 1 aliphatic rings. The van der Waals surface area contributed by atoms with E-state index in [1.807, 2.05) is 0 Å². The summed E-state index contributed by atoms with van der Waals surface area (Å²) in [6.45, 7) is 4.59. The molecule has 4 unspecified atom stereocenters. The van der Waals surface area contributed by atoms with Crippen molar-refractivity contribution in [3.05, 3.63) is 0 Å². The lowest BCUT2D eigenvalue weighted by atomic mass is 10.1. The van der Waals surface area contributed by atoms with Crippen molar-refractivity contribution in [3.8, 4) is 0 Å². The standard InChI is InChI=1S/C14H30NPS/c1-3-5-6-7-8-9-10-11-12-14-13(4-2)15(14)16-17/h13-14H,3-12,16H2,1-2H3. The fourth-order valence-electron chi connectivity index (χ4n) is 2.82. The maximum Gasteiger partial charge on any atom is 0.0299 e. The summed E-state index contributed by atoms with van der Waals surface area (Å²) in [5, 5.41) is 0. The first-order chi connectivity index (χ1) is 8.35. The molecule has 0 aromatic carbocycles. The van der Waals surface area contributed by atoms with Crippen LogP contribution in [-0.4, -0.2) is 16.8 Å². The predicted molar refractivity (Wildman–Crippen MR) is 84.0 cm³/mol. The minimum atomic E-state index is 0.169. The fourth-order valence-corrected chi connectivity index (χ4v) is 4.76. The van der Waals surface area contributed by atoms with E-state index in [1.54, 1.807) is 0 Å². The predicted octanol–water partition coefficient (Wildman–Crippen LogP) is 4.77. The van der Waals surface area contributed by atoms with E-state index in [2.05, 4.69) is 18.5 Å². The van der Waals surface area contributed by atoms with Crippen molar-refractivity contribution in [2.75, 3.05) is 0 Å². The van der Waals surface area contributed by atoms with Crippen molar-refractivity contribution in [2.24, 2.45) is 0 Å². The first-order valence-electron chi connectivity index (χ1n) is 7.57. The molecule has 4 atom stereocenters. The molecule has 1 saturated heterocycles. The quantitative estimate of drug-likeness (QED) is 0.303. The van der Waals surface area contributed by atoms with Crippen LogP contribution in [0.1, 0.15) is 78.1 Å². The van der Waals surface area contributed by atoms with Crippen molar-refractivity contribution in [1.82, 2.24) is 4.67 Å². The third-order valence-corrected chi connectivity index (χ3v) is 5.75. The number of rotatable bonds is 11. The zero-order valence-corrected chi connectivity index (χ0v) is 13.6. The highest BCUT2D eigenvalue weighted by molar-refractivity contribution is 7.95. The highest BCUT2D eigenvalue weighted by Crippen LogP contribution is 2.40. The number of hydrogen-bond donors (Lipinski definition) is 0. The second kappa shape index (κ2) is 9.53. The zero-order chi connectivity index (χ0) is 12.5. The molecule has 0 spiro atoms. The Kier molecular flexibility index (Phi) is 8.78. The van der Waals surface area contributed by atoms with E-state index in [9.17, 15) is 0 Å². The normalized spacial score (nSPS) is 28.0. The van der Waals surface area contributed by atoms with Gasteiger partial charge in [0.25, 0.3) is 0 Å². The van der Waals surface area contributed by atoms with Crippen molar-refractivity contribution < 1.29 is 0 Å². The summed E-state index contributed by atoms with van der Waals surface area (Å²) < 4.78 is 2.57. The molecule has 0 amide bonds. The lowest BCUT2D eigenvalue weighted by molar-refractivity contribution is 0.555. The molecule has 102 valence electrons. The van der Waals surface area contributed by atoms with E-state index in [-0.39, 0.29) is 7.51 Å². The van der Waals surface area contributed by atoms with Gasteiger partial charge in [-0.3, -0.25) is 4.67 Å². The van der Waals surface area contributed by atoms with E-state index in [1.165, 1.54) is 64.2 Å². The summed E-state index contributed by atoms with van der Waals surface area (Å²) in [4.78, 5) is 0. The molecule has 0 saturated carbocycles. The third-order valence-electron chi connectivity index (χ3n) is 4.01. The number of hydrogen-bond acceptors (Lipinski definition) is 1. The molecule has 0 aromatic heterocycles. The molecule has 3 heteroatoms. The van der Waals surface area contributed by atoms with E-state index in [4.69, 9.17) is 11.8 Å². The molecule has 1 heterocycles. The Morgan fingerprint density at radius 1 is 0.882 bits per heavy atom. The first kappa shape index (κ1) is 15.7. The molecule has 0 aromatic rings. The van der Waals surface area contributed by atoms with Gasteiger partial charge in [0.1, 0.15) is 0 Å². The topological polar surface area (TPSA) is 3.01 Å². The van der Waals surface area contributed by atoms with Gasteiger partial charge >= 0.3 is 0 Å². The van der Waals surface area contributed by atoms with Crippen LogP contribution in [0.3, 0.4) is 0 Å². The van der Waals surface area contributed by atoms with Gasteiger partial charge in [0, 0.05) is 12.1 Å². The summed E-state index contributed by atoms with van der Waals surface area (Å²) in [5.41, 5.74) is 0. The summed E-state index contributed by atoms with van der Waals surface area (Å²) in [6, 6.07) is 1.75. The molecular weight excluding hydrogens is 245 g/mol. The van der Waals surface area contributed by atoms with Crippen LogP contribution in [0.5, 0.6) is 0 Å². The zero-order valence-electron chi connectivity index (χ0n) is 11.7. The van der Waals surface area contributed by atoms with Crippen LogP contribution in [0.2, 0.25) is 0 Å². The van der Waals surface area contributed by atoms with Gasteiger partial charge in [-0.1, -0.05) is 77.0 Å². The van der Waals surface area contributed by atoms with Crippen LogP contribution < -0.4 is 0 Å². The Hall–Kier alpha value is 0.610. The highest BCUT2D eigenvalue weighted by atomic mass is 32.4. The Morgan fingerprint density at radius 3 is 1.94 bits per heavy atom. The van der Waals surface area contributed by atoms with E-state index in [0.29, 0.717) is 0 Å². The van der Waals surface area contributed by atoms with Gasteiger partial charge in [-0.25, -0.2) is 0 Å². The van der Waals surface area contributed by atoms with E-state index >= 15 is 0 Å². The molecule has 1 aliphatic heterocycles. The summed E-state index contributed by atoms with van der Waals surface area (Å²) in [7, 11) is 0.169. The van der Waals surface area contributed by atoms with Crippen molar-refractivity contribution in [2.45, 2.75) is 90.1 Å². The van der Waals surface area contributed by atoms with Gasteiger partial charge in [-0.15, -0.1) is 0 Å². The van der Waals surface area contributed by atoms with Crippen molar-refractivity contribution in [3.63, 3.8) is 0 Å². The highest BCUT2D eigenvalue weighted by Gasteiger charge is 2.43. The van der Waals surface area contributed by atoms with Crippen LogP contribution in [0.4, 0.5) is 0 Å². The van der Waals surface area contributed by atoms with Crippen LogP contribution in [-0.2, 0) is 11.8 Å². The van der Waals surface area contributed by atoms with E-state index in [0.717, 1.165) is 12.1 Å². The minimum Gasteiger partial charge on any atom is -0.270 e. The second-order valence-corrected chi connectivity index (χ2v) is 6.80. The minimum absolute atomic E-state index is 0.169. The maximum atomic E-state index is 5.23. The lowest BCUT2D eigenvalue weighted by Gasteiger charge is -2.01. The molecule has 0 bridgehead atoms. The molecule has 1 nitrogen and oxygen atoms in total. The lowest BCUT2D eigenvalue weighted by Crippen LogP contribution is -1.92. The third kappa shape index (κ3) is 5.85.